The molecule has 9 heteroatoms. The molecule has 5 nitrogen and oxygen atoms in total. The van der Waals surface area contributed by atoms with Gasteiger partial charge in [0, 0.05) is 11.6 Å². The highest BCUT2D eigenvalue weighted by Gasteiger charge is 2.35. The average Bonchev–Trinajstić information content (AvgIpc) is 3.06. The predicted octanol–water partition coefficient (Wildman–Crippen LogP) is 3.80. The number of alkyl halides is 3. The molecular weight excluding hydrogens is 374 g/mol. The van der Waals surface area contributed by atoms with E-state index >= 15 is 0 Å². The number of sulfone groups is 1. The van der Waals surface area contributed by atoms with Crippen LogP contribution >= 0.6 is 11.6 Å². The number of hydrogen-bond acceptors (Lipinski definition) is 5. The van der Waals surface area contributed by atoms with E-state index in [9.17, 15) is 17.2 Å². The molecule has 3 aromatic rings. The van der Waals surface area contributed by atoms with E-state index in [0.717, 1.165) is 0 Å². The zero-order valence-corrected chi connectivity index (χ0v) is 14.1. The van der Waals surface area contributed by atoms with Crippen LogP contribution in [0.2, 0.25) is 0 Å². The topological polar surface area (TPSA) is 73.1 Å². The van der Waals surface area contributed by atoms with Crippen LogP contribution in [0, 0.1) is 6.07 Å². The number of halogens is 3. The third kappa shape index (κ3) is 4.02. The standard InChI is InChI=1S/C16H10ClF2N2O3S/c17-16(18,19)15-20-14(21-24-15)12-7-4-8-13(9-12)25(22,23)10-11-5-2-1-3-6-11/h1-7,9H,10H2. The van der Waals surface area contributed by atoms with Crippen LogP contribution in [0.5, 0.6) is 0 Å². The third-order valence-corrected chi connectivity index (χ3v) is 5.02. The van der Waals surface area contributed by atoms with Gasteiger partial charge in [0.25, 0.3) is 0 Å². The minimum absolute atomic E-state index is 0.0992. The number of benzene rings is 2. The van der Waals surface area contributed by atoms with Crippen molar-refractivity contribution in [3.8, 4) is 11.4 Å². The van der Waals surface area contributed by atoms with Gasteiger partial charge in [-0.05, 0) is 23.2 Å². The lowest BCUT2D eigenvalue weighted by atomic mass is 10.2. The maximum atomic E-state index is 13.0. The van der Waals surface area contributed by atoms with Gasteiger partial charge in [0.2, 0.25) is 5.82 Å². The Morgan fingerprint density at radius 1 is 1.20 bits per heavy atom. The predicted molar refractivity (Wildman–Crippen MR) is 85.6 cm³/mol. The van der Waals surface area contributed by atoms with Crippen LogP contribution in [0.1, 0.15) is 11.5 Å². The highest BCUT2D eigenvalue weighted by molar-refractivity contribution is 7.90. The lowest BCUT2D eigenvalue weighted by Gasteiger charge is -2.05. The van der Waals surface area contributed by atoms with Crippen molar-refractivity contribution in [1.82, 2.24) is 10.1 Å². The van der Waals surface area contributed by atoms with Crippen molar-refractivity contribution < 1.29 is 21.7 Å². The SMILES string of the molecule is O=S(=O)(Cc1ccccc1)c1[c]ccc(-c2noc(C(F)(F)Cl)n2)c1. The third-order valence-electron chi connectivity index (χ3n) is 3.24. The minimum Gasteiger partial charge on any atom is -0.331 e. The Labute approximate surface area is 147 Å². The van der Waals surface area contributed by atoms with Crippen LogP contribution in [-0.2, 0) is 21.0 Å². The van der Waals surface area contributed by atoms with Crippen molar-refractivity contribution in [2.45, 2.75) is 16.0 Å². The van der Waals surface area contributed by atoms with E-state index in [-0.39, 0.29) is 22.0 Å². The molecule has 0 unspecified atom stereocenters. The van der Waals surface area contributed by atoms with E-state index < -0.39 is 21.1 Å². The first-order valence-electron chi connectivity index (χ1n) is 6.95. The van der Waals surface area contributed by atoms with Gasteiger partial charge in [-0.2, -0.15) is 13.8 Å². The molecule has 0 aliphatic heterocycles. The van der Waals surface area contributed by atoms with Gasteiger partial charge in [-0.1, -0.05) is 47.6 Å². The van der Waals surface area contributed by atoms with Crippen molar-refractivity contribution in [1.29, 1.82) is 0 Å². The molecule has 1 aromatic heterocycles. The summed E-state index contributed by atoms with van der Waals surface area (Å²) in [5.74, 6) is -1.48. The molecule has 0 aliphatic rings. The Kier molecular flexibility index (Phi) is 4.57. The largest absolute Gasteiger partial charge is 0.400 e. The molecule has 129 valence electrons. The summed E-state index contributed by atoms with van der Waals surface area (Å²) in [6.07, 6.45) is 0. The van der Waals surface area contributed by atoms with Crippen molar-refractivity contribution in [2.24, 2.45) is 0 Å². The quantitative estimate of drug-likeness (QED) is 0.626. The minimum atomic E-state index is -3.80. The molecule has 0 spiro atoms. The first-order chi connectivity index (χ1) is 11.8. The Morgan fingerprint density at radius 2 is 1.92 bits per heavy atom. The van der Waals surface area contributed by atoms with Crippen molar-refractivity contribution in [2.75, 3.05) is 0 Å². The summed E-state index contributed by atoms with van der Waals surface area (Å²) >= 11 is 4.82. The molecule has 0 aliphatic carbocycles. The van der Waals surface area contributed by atoms with Gasteiger partial charge in [-0.15, -0.1) is 0 Å². The van der Waals surface area contributed by atoms with E-state index in [0.29, 0.717) is 5.56 Å². The molecule has 0 amide bonds. The summed E-state index contributed by atoms with van der Waals surface area (Å²) in [6.45, 7) is 0. The fourth-order valence-electron chi connectivity index (χ4n) is 2.09. The monoisotopic (exact) mass is 383 g/mol. The summed E-state index contributed by atoms with van der Waals surface area (Å²) in [5, 5.41) is -0.396. The fourth-order valence-corrected chi connectivity index (χ4v) is 3.51. The Hall–Kier alpha value is -2.32. The molecule has 25 heavy (non-hydrogen) atoms. The first kappa shape index (κ1) is 17.5. The first-order valence-corrected chi connectivity index (χ1v) is 8.98. The second-order valence-electron chi connectivity index (χ2n) is 5.11. The molecule has 0 bridgehead atoms. The van der Waals surface area contributed by atoms with Gasteiger partial charge in [0.1, 0.15) is 0 Å². The summed E-state index contributed by atoms with van der Waals surface area (Å²) in [5.41, 5.74) is 0.811. The van der Waals surface area contributed by atoms with E-state index in [1.165, 1.54) is 18.2 Å². The van der Waals surface area contributed by atoms with Crippen molar-refractivity contribution in [3.63, 3.8) is 0 Å². The second-order valence-corrected chi connectivity index (χ2v) is 7.54. The van der Waals surface area contributed by atoms with Crippen LogP contribution in [0.3, 0.4) is 0 Å². The molecule has 0 N–H and O–H groups in total. The molecule has 0 saturated carbocycles. The van der Waals surface area contributed by atoms with Crippen LogP contribution < -0.4 is 0 Å². The highest BCUT2D eigenvalue weighted by atomic mass is 35.5. The van der Waals surface area contributed by atoms with E-state index in [1.807, 2.05) is 0 Å². The summed E-state index contributed by atoms with van der Waals surface area (Å²) in [6, 6.07) is 15.3. The van der Waals surface area contributed by atoms with Gasteiger partial charge < -0.3 is 4.52 Å². The molecule has 1 radical (unpaired) electrons. The van der Waals surface area contributed by atoms with Crippen molar-refractivity contribution in [3.05, 3.63) is 66.1 Å². The molecule has 0 fully saturated rings. The van der Waals surface area contributed by atoms with E-state index in [2.05, 4.69) is 20.7 Å². The molecule has 0 saturated heterocycles. The highest BCUT2D eigenvalue weighted by Crippen LogP contribution is 2.32. The lowest BCUT2D eigenvalue weighted by molar-refractivity contribution is 0.0551. The Bertz CT molecular complexity index is 986. The second kappa shape index (κ2) is 6.53. The zero-order valence-electron chi connectivity index (χ0n) is 12.5. The van der Waals surface area contributed by atoms with Crippen LogP contribution in [0.25, 0.3) is 11.4 Å². The number of aromatic nitrogens is 2. The van der Waals surface area contributed by atoms with E-state index in [4.69, 9.17) is 11.6 Å². The summed E-state index contributed by atoms with van der Waals surface area (Å²) in [7, 11) is -3.68. The Balaban J connectivity index is 1.92. The van der Waals surface area contributed by atoms with Gasteiger partial charge in [0.15, 0.2) is 9.84 Å². The summed E-state index contributed by atoms with van der Waals surface area (Å²) in [4.78, 5) is 3.39. The number of rotatable bonds is 5. The van der Waals surface area contributed by atoms with Gasteiger partial charge in [-0.3, -0.25) is 0 Å². The normalized spacial score (nSPS) is 12.3. The van der Waals surface area contributed by atoms with Crippen molar-refractivity contribution >= 4 is 21.4 Å². The van der Waals surface area contributed by atoms with Crippen LogP contribution in [0.4, 0.5) is 8.78 Å². The lowest BCUT2D eigenvalue weighted by Crippen LogP contribution is -2.05. The smallest absolute Gasteiger partial charge is 0.331 e. The fraction of sp³-hybridized carbons (Fsp3) is 0.125. The number of nitrogens with zero attached hydrogens (tertiary/aromatic N) is 2. The average molecular weight is 384 g/mol. The molecule has 1 heterocycles. The van der Waals surface area contributed by atoms with Crippen LogP contribution in [-0.4, -0.2) is 18.6 Å². The summed E-state index contributed by atoms with van der Waals surface area (Å²) < 4.78 is 55.4. The van der Waals surface area contributed by atoms with Gasteiger partial charge >= 0.3 is 11.3 Å². The maximum Gasteiger partial charge on any atom is 0.400 e. The molecule has 0 atom stereocenters. The van der Waals surface area contributed by atoms with Gasteiger partial charge in [0.05, 0.1) is 10.6 Å². The maximum absolute atomic E-state index is 13.0. The Morgan fingerprint density at radius 3 is 2.56 bits per heavy atom. The van der Waals surface area contributed by atoms with E-state index in [1.54, 1.807) is 30.3 Å². The van der Waals surface area contributed by atoms with Gasteiger partial charge in [-0.25, -0.2) is 8.42 Å². The zero-order chi connectivity index (χ0) is 18.1. The number of hydrogen-bond donors (Lipinski definition) is 0. The van der Waals surface area contributed by atoms with Crippen LogP contribution in [0.15, 0.2) is 57.9 Å². The molecule has 2 aromatic carbocycles. The molecule has 3 rings (SSSR count). The molecular formula is C16H10ClF2N2O3S.